The molecule has 6 rings (SSSR count). The molecule has 0 aliphatic carbocycles. The van der Waals surface area contributed by atoms with Crippen molar-refractivity contribution in [3.8, 4) is 11.1 Å². The minimum absolute atomic E-state index is 0.0429. The molecule has 11 heteroatoms. The molecule has 2 aliphatic heterocycles. The van der Waals surface area contributed by atoms with Gasteiger partial charge in [-0.3, -0.25) is 14.4 Å². The quantitative estimate of drug-likeness (QED) is 0.375. The molecule has 0 radical (unpaired) electrons. The number of piperidine rings is 1. The van der Waals surface area contributed by atoms with Crippen LogP contribution < -0.4 is 10.2 Å². The Morgan fingerprint density at radius 1 is 1.07 bits per heavy atom. The lowest BCUT2D eigenvalue weighted by molar-refractivity contribution is -0.139. The number of para-hydroxylation sites is 1. The summed E-state index contributed by atoms with van der Waals surface area (Å²) in [6.07, 6.45) is 4.81. The summed E-state index contributed by atoms with van der Waals surface area (Å²) in [5.41, 5.74) is 3.33. The van der Waals surface area contributed by atoms with Crippen molar-refractivity contribution in [1.82, 2.24) is 25.0 Å². The Morgan fingerprint density at radius 2 is 1.93 bits per heavy atom. The first-order valence-corrected chi connectivity index (χ1v) is 13.9. The molecule has 3 atom stereocenters. The highest BCUT2D eigenvalue weighted by Crippen LogP contribution is 2.30. The first kappa shape index (κ1) is 26.9. The number of nitrogens with one attached hydrogen (secondary N) is 1. The van der Waals surface area contributed by atoms with Gasteiger partial charge in [0.25, 0.3) is 0 Å². The van der Waals surface area contributed by atoms with Crippen LogP contribution >= 0.6 is 11.6 Å². The normalized spacial score (nSPS) is 20.9. The fourth-order valence-corrected chi connectivity index (χ4v) is 5.95. The van der Waals surface area contributed by atoms with Crippen LogP contribution in [0.2, 0.25) is 5.02 Å². The average molecular weight is 575 g/mol. The number of likely N-dealkylation sites (tertiary alicyclic amines) is 1. The molecule has 210 valence electrons. The number of halogens is 2. The van der Waals surface area contributed by atoms with Crippen molar-refractivity contribution in [1.29, 1.82) is 0 Å². The molecule has 2 aliphatic rings. The Kier molecular flexibility index (Phi) is 7.40. The molecule has 2 fully saturated rings. The molecule has 3 unspecified atom stereocenters. The number of hydrogen-bond acceptors (Lipinski definition) is 5. The van der Waals surface area contributed by atoms with E-state index in [1.807, 2.05) is 30.3 Å². The minimum atomic E-state index is -1.32. The molecule has 2 saturated heterocycles. The zero-order chi connectivity index (χ0) is 28.5. The summed E-state index contributed by atoms with van der Waals surface area (Å²) >= 11 is 6.31. The number of fused-ring (bicyclic) bond motifs is 1. The molecule has 0 spiro atoms. The second-order valence-corrected chi connectivity index (χ2v) is 10.8. The highest BCUT2D eigenvalue weighted by molar-refractivity contribution is 6.33. The lowest BCUT2D eigenvalue weighted by Crippen LogP contribution is -2.56. The van der Waals surface area contributed by atoms with Gasteiger partial charge in [0, 0.05) is 35.6 Å². The van der Waals surface area contributed by atoms with Crippen LogP contribution in [0.5, 0.6) is 0 Å². The van der Waals surface area contributed by atoms with Crippen molar-refractivity contribution >= 4 is 45.9 Å². The van der Waals surface area contributed by atoms with Crippen LogP contribution in [0.15, 0.2) is 73.2 Å². The fraction of sp³-hybridized carbons (Fsp3) is 0.300. The van der Waals surface area contributed by atoms with Crippen molar-refractivity contribution in [2.45, 2.75) is 44.1 Å². The van der Waals surface area contributed by atoms with Crippen molar-refractivity contribution in [2.75, 3.05) is 18.0 Å². The van der Waals surface area contributed by atoms with Crippen LogP contribution in [0.3, 0.4) is 0 Å². The molecule has 9 nitrogen and oxygen atoms in total. The van der Waals surface area contributed by atoms with E-state index in [0.717, 1.165) is 22.0 Å². The van der Waals surface area contributed by atoms with Crippen molar-refractivity contribution in [3.63, 3.8) is 0 Å². The maximum absolute atomic E-state index is 14.6. The van der Waals surface area contributed by atoms with E-state index in [2.05, 4.69) is 15.5 Å². The van der Waals surface area contributed by atoms with E-state index in [1.165, 1.54) is 4.90 Å². The van der Waals surface area contributed by atoms with Gasteiger partial charge in [0.15, 0.2) is 0 Å². The van der Waals surface area contributed by atoms with E-state index in [4.69, 9.17) is 11.6 Å². The topological polar surface area (TPSA) is 100 Å². The Morgan fingerprint density at radius 3 is 2.73 bits per heavy atom. The van der Waals surface area contributed by atoms with E-state index < -0.39 is 24.2 Å². The molecule has 3 amide bonds. The Bertz CT molecular complexity index is 1610. The van der Waals surface area contributed by atoms with Crippen LogP contribution in [-0.4, -0.2) is 68.7 Å². The summed E-state index contributed by atoms with van der Waals surface area (Å²) < 4.78 is 16.4. The highest BCUT2D eigenvalue weighted by Gasteiger charge is 2.42. The van der Waals surface area contributed by atoms with Gasteiger partial charge in [0.2, 0.25) is 17.7 Å². The number of carbonyl (C=O) groups excluding carboxylic acids is 3. The third kappa shape index (κ3) is 5.39. The van der Waals surface area contributed by atoms with Crippen LogP contribution in [0, 0.1) is 0 Å². The molecule has 0 bridgehead atoms. The van der Waals surface area contributed by atoms with Gasteiger partial charge in [0.1, 0.15) is 24.8 Å². The fourth-order valence-electron chi connectivity index (χ4n) is 5.71. The van der Waals surface area contributed by atoms with Gasteiger partial charge in [0.05, 0.1) is 29.6 Å². The van der Waals surface area contributed by atoms with Gasteiger partial charge in [-0.05, 0) is 54.8 Å². The summed E-state index contributed by atoms with van der Waals surface area (Å²) in [6, 6.07) is 14.9. The molecule has 0 saturated carbocycles. The number of amides is 3. The molecule has 2 aromatic carbocycles. The smallest absolute Gasteiger partial charge is 0.249 e. The molecule has 41 heavy (non-hydrogen) atoms. The predicted molar refractivity (Wildman–Crippen MR) is 153 cm³/mol. The van der Waals surface area contributed by atoms with E-state index >= 15 is 0 Å². The van der Waals surface area contributed by atoms with Crippen LogP contribution in [-0.2, 0) is 20.9 Å². The predicted octanol–water partition coefficient (Wildman–Crippen LogP) is 4.00. The van der Waals surface area contributed by atoms with Crippen molar-refractivity contribution in [3.05, 3.63) is 78.2 Å². The van der Waals surface area contributed by atoms with Gasteiger partial charge in [-0.1, -0.05) is 29.8 Å². The van der Waals surface area contributed by atoms with Crippen molar-refractivity contribution < 1.29 is 18.8 Å². The number of carbonyl (C=O) groups is 3. The molecule has 4 aromatic rings. The number of hydrogen-bond donors (Lipinski definition) is 1. The van der Waals surface area contributed by atoms with E-state index in [9.17, 15) is 18.8 Å². The van der Waals surface area contributed by atoms with E-state index in [0.29, 0.717) is 30.1 Å². The first-order chi connectivity index (χ1) is 19.9. The van der Waals surface area contributed by atoms with Gasteiger partial charge in [-0.15, -0.1) is 0 Å². The maximum atomic E-state index is 14.6. The average Bonchev–Trinajstić information content (AvgIpc) is 3.58. The largest absolute Gasteiger partial charge is 0.342 e. The summed E-state index contributed by atoms with van der Waals surface area (Å²) in [5, 5.41) is 11.9. The second kappa shape index (κ2) is 11.3. The Labute approximate surface area is 240 Å². The lowest BCUT2D eigenvalue weighted by atomic mass is 10.0. The van der Waals surface area contributed by atoms with Crippen molar-refractivity contribution in [2.24, 2.45) is 0 Å². The zero-order valence-electron chi connectivity index (χ0n) is 22.1. The summed E-state index contributed by atoms with van der Waals surface area (Å²) in [6.45, 7) is 0.278. The molecule has 4 heterocycles. The number of aromatic nitrogens is 3. The Balaban J connectivity index is 1.15. The van der Waals surface area contributed by atoms with Gasteiger partial charge in [-0.25, -0.2) is 4.39 Å². The van der Waals surface area contributed by atoms with E-state index in [-0.39, 0.29) is 31.3 Å². The van der Waals surface area contributed by atoms with Gasteiger partial charge < -0.3 is 19.7 Å². The summed E-state index contributed by atoms with van der Waals surface area (Å²) in [5.74, 6) is -1.16. The van der Waals surface area contributed by atoms with Crippen LogP contribution in [0.1, 0.15) is 19.3 Å². The third-order valence-corrected chi connectivity index (χ3v) is 8.09. The number of nitrogens with zero attached hydrogens (tertiary/aromatic N) is 5. The SMILES string of the molecule is O=C(NC1CCCN(c2ccccc2Cl)C1=O)C1CC(F)CN1C(=O)Cn1ccc2cc(-c3ccnnc3)ccc21. The molecular weight excluding hydrogens is 547 g/mol. The summed E-state index contributed by atoms with van der Waals surface area (Å²) in [7, 11) is 0. The lowest BCUT2D eigenvalue weighted by Gasteiger charge is -2.34. The van der Waals surface area contributed by atoms with Gasteiger partial charge >= 0.3 is 0 Å². The number of anilines is 1. The van der Waals surface area contributed by atoms with Crippen LogP contribution in [0.25, 0.3) is 22.0 Å². The Hall–Kier alpha value is -4.31. The number of rotatable bonds is 6. The standard InChI is InChI=1S/C30H28ClFN6O3/c31-23-4-1-2-6-26(23)37-12-3-5-24(30(37)41)35-29(40)27-15-22(32)17-38(27)28(39)18-36-13-10-20-14-19(7-8-25(20)36)21-9-11-33-34-16-21/h1-2,4,6-11,13-14,16,22,24,27H,3,5,12,15,17-18H2,(H,35,40). The zero-order valence-corrected chi connectivity index (χ0v) is 22.9. The summed E-state index contributed by atoms with van der Waals surface area (Å²) in [4.78, 5) is 42.8. The minimum Gasteiger partial charge on any atom is -0.342 e. The first-order valence-electron chi connectivity index (χ1n) is 13.5. The van der Waals surface area contributed by atoms with E-state index in [1.54, 1.807) is 52.3 Å². The monoisotopic (exact) mass is 574 g/mol. The molecule has 1 N–H and O–H groups in total. The highest BCUT2D eigenvalue weighted by atomic mass is 35.5. The second-order valence-electron chi connectivity index (χ2n) is 10.4. The maximum Gasteiger partial charge on any atom is 0.249 e. The van der Waals surface area contributed by atoms with Gasteiger partial charge in [-0.2, -0.15) is 10.2 Å². The van der Waals surface area contributed by atoms with Crippen LogP contribution in [0.4, 0.5) is 10.1 Å². The number of benzene rings is 2. The molecular formula is C30H28ClFN6O3. The third-order valence-electron chi connectivity index (χ3n) is 7.77. The molecule has 2 aromatic heterocycles. The number of alkyl halides is 1.